The molecule has 0 atom stereocenters. The summed E-state index contributed by atoms with van der Waals surface area (Å²) in [5.41, 5.74) is 2.58. The molecule has 2 heterocycles. The van der Waals surface area contributed by atoms with Crippen molar-refractivity contribution in [3.05, 3.63) is 42.7 Å². The van der Waals surface area contributed by atoms with Crippen LogP contribution in [0.2, 0.25) is 0 Å². The Kier molecular flexibility index (Phi) is 3.87. The number of pyridine rings is 1. The molecule has 5 heteroatoms. The van der Waals surface area contributed by atoms with Gasteiger partial charge in [0, 0.05) is 25.0 Å². The minimum atomic E-state index is 0.572. The molecule has 22 heavy (non-hydrogen) atoms. The SMILES string of the molecule is CCN(C)c1cc(-c2cc3ccccc3nc2OC)ncn1. The van der Waals surface area contributed by atoms with Gasteiger partial charge in [-0.15, -0.1) is 0 Å². The maximum Gasteiger partial charge on any atom is 0.223 e. The van der Waals surface area contributed by atoms with Gasteiger partial charge in [0.1, 0.15) is 12.1 Å². The fourth-order valence-corrected chi connectivity index (χ4v) is 2.30. The Morgan fingerprint density at radius 2 is 1.95 bits per heavy atom. The summed E-state index contributed by atoms with van der Waals surface area (Å²) in [6, 6.07) is 12.0. The predicted octanol–water partition coefficient (Wildman–Crippen LogP) is 3.16. The van der Waals surface area contributed by atoms with Crippen molar-refractivity contribution in [3.8, 4) is 17.1 Å². The van der Waals surface area contributed by atoms with Crippen LogP contribution in [0, 0.1) is 0 Å². The fraction of sp³-hybridized carbons (Fsp3) is 0.235. The molecular weight excluding hydrogens is 276 g/mol. The number of methoxy groups -OCH3 is 1. The molecule has 0 bridgehead atoms. The van der Waals surface area contributed by atoms with Gasteiger partial charge in [-0.3, -0.25) is 0 Å². The quantitative estimate of drug-likeness (QED) is 0.740. The van der Waals surface area contributed by atoms with Gasteiger partial charge in [0.25, 0.3) is 0 Å². The van der Waals surface area contributed by atoms with Gasteiger partial charge in [0.2, 0.25) is 5.88 Å². The van der Waals surface area contributed by atoms with Crippen LogP contribution in [0.15, 0.2) is 42.7 Å². The van der Waals surface area contributed by atoms with E-state index in [0.29, 0.717) is 5.88 Å². The lowest BCUT2D eigenvalue weighted by atomic mass is 10.1. The first kappa shape index (κ1) is 14.3. The zero-order valence-electron chi connectivity index (χ0n) is 12.9. The molecule has 1 aromatic carbocycles. The summed E-state index contributed by atoms with van der Waals surface area (Å²) >= 11 is 0. The summed E-state index contributed by atoms with van der Waals surface area (Å²) in [6.45, 7) is 2.96. The summed E-state index contributed by atoms with van der Waals surface area (Å²) in [7, 11) is 3.63. The molecule has 0 saturated carbocycles. The van der Waals surface area contributed by atoms with Crippen molar-refractivity contribution in [2.75, 3.05) is 25.6 Å². The average molecular weight is 294 g/mol. The van der Waals surface area contributed by atoms with Crippen LogP contribution >= 0.6 is 0 Å². The third-order valence-corrected chi connectivity index (χ3v) is 3.68. The van der Waals surface area contributed by atoms with Gasteiger partial charge in [0.05, 0.1) is 23.9 Å². The summed E-state index contributed by atoms with van der Waals surface area (Å²) in [5.74, 6) is 1.45. The molecule has 0 N–H and O–H groups in total. The van der Waals surface area contributed by atoms with E-state index >= 15 is 0 Å². The minimum Gasteiger partial charge on any atom is -0.480 e. The summed E-state index contributed by atoms with van der Waals surface area (Å²) in [6.07, 6.45) is 1.57. The van der Waals surface area contributed by atoms with Crippen LogP contribution in [0.5, 0.6) is 5.88 Å². The molecule has 0 amide bonds. The number of anilines is 1. The molecule has 5 nitrogen and oxygen atoms in total. The highest BCUT2D eigenvalue weighted by Gasteiger charge is 2.12. The summed E-state index contributed by atoms with van der Waals surface area (Å²) < 4.78 is 5.45. The van der Waals surface area contributed by atoms with Crippen molar-refractivity contribution in [3.63, 3.8) is 0 Å². The highest BCUT2D eigenvalue weighted by Crippen LogP contribution is 2.31. The van der Waals surface area contributed by atoms with Gasteiger partial charge in [-0.2, -0.15) is 0 Å². The van der Waals surface area contributed by atoms with Crippen molar-refractivity contribution in [2.45, 2.75) is 6.92 Å². The van der Waals surface area contributed by atoms with Gasteiger partial charge in [-0.1, -0.05) is 18.2 Å². The monoisotopic (exact) mass is 294 g/mol. The molecule has 0 aliphatic rings. The smallest absolute Gasteiger partial charge is 0.223 e. The van der Waals surface area contributed by atoms with E-state index in [1.54, 1.807) is 13.4 Å². The van der Waals surface area contributed by atoms with E-state index in [4.69, 9.17) is 4.74 Å². The fourth-order valence-electron chi connectivity index (χ4n) is 2.30. The molecule has 112 valence electrons. The summed E-state index contributed by atoms with van der Waals surface area (Å²) in [5, 5.41) is 1.06. The molecular formula is C17H18N4O. The topological polar surface area (TPSA) is 51.1 Å². The number of hydrogen-bond donors (Lipinski definition) is 0. The maximum absolute atomic E-state index is 5.45. The van der Waals surface area contributed by atoms with Crippen LogP contribution in [0.3, 0.4) is 0 Å². The second-order valence-electron chi connectivity index (χ2n) is 5.01. The highest BCUT2D eigenvalue weighted by molar-refractivity contribution is 5.85. The van der Waals surface area contributed by atoms with Crippen LogP contribution in [-0.4, -0.2) is 35.7 Å². The van der Waals surface area contributed by atoms with Crippen molar-refractivity contribution in [2.24, 2.45) is 0 Å². The van der Waals surface area contributed by atoms with Crippen LogP contribution < -0.4 is 9.64 Å². The number of ether oxygens (including phenoxy) is 1. The first-order valence-corrected chi connectivity index (χ1v) is 7.20. The van der Waals surface area contributed by atoms with Gasteiger partial charge in [-0.25, -0.2) is 15.0 Å². The van der Waals surface area contributed by atoms with E-state index in [-0.39, 0.29) is 0 Å². The van der Waals surface area contributed by atoms with Gasteiger partial charge >= 0.3 is 0 Å². The minimum absolute atomic E-state index is 0.572. The Balaban J connectivity index is 2.16. The number of para-hydroxylation sites is 1. The third-order valence-electron chi connectivity index (χ3n) is 3.68. The Bertz CT molecular complexity index is 804. The van der Waals surface area contributed by atoms with E-state index in [1.165, 1.54) is 0 Å². The number of rotatable bonds is 4. The standard InChI is InChI=1S/C17H18N4O/c1-4-21(2)16-10-15(18-11-19-16)13-9-12-7-5-6-8-14(12)20-17(13)22-3/h5-11H,4H2,1-3H3. The molecule has 0 fully saturated rings. The largest absolute Gasteiger partial charge is 0.480 e. The second kappa shape index (κ2) is 5.97. The molecule has 3 aromatic rings. The Hall–Kier alpha value is -2.69. The lowest BCUT2D eigenvalue weighted by Crippen LogP contribution is -2.17. The van der Waals surface area contributed by atoms with Crippen LogP contribution in [0.25, 0.3) is 22.2 Å². The number of aromatic nitrogens is 3. The highest BCUT2D eigenvalue weighted by atomic mass is 16.5. The van der Waals surface area contributed by atoms with Crippen molar-refractivity contribution in [1.82, 2.24) is 15.0 Å². The molecule has 2 aromatic heterocycles. The number of nitrogens with zero attached hydrogens (tertiary/aromatic N) is 4. The Morgan fingerprint density at radius 3 is 2.73 bits per heavy atom. The van der Waals surface area contributed by atoms with Crippen molar-refractivity contribution in [1.29, 1.82) is 0 Å². The van der Waals surface area contributed by atoms with Crippen LogP contribution in [0.4, 0.5) is 5.82 Å². The number of fused-ring (bicyclic) bond motifs is 1. The zero-order chi connectivity index (χ0) is 15.5. The zero-order valence-corrected chi connectivity index (χ0v) is 12.9. The van der Waals surface area contributed by atoms with Gasteiger partial charge in [-0.05, 0) is 19.1 Å². The lowest BCUT2D eigenvalue weighted by Gasteiger charge is -2.16. The number of benzene rings is 1. The van der Waals surface area contributed by atoms with E-state index in [0.717, 1.165) is 34.5 Å². The van der Waals surface area contributed by atoms with E-state index in [2.05, 4.69) is 32.8 Å². The van der Waals surface area contributed by atoms with Crippen LogP contribution in [-0.2, 0) is 0 Å². The lowest BCUT2D eigenvalue weighted by molar-refractivity contribution is 0.401. The van der Waals surface area contributed by atoms with E-state index in [9.17, 15) is 0 Å². The normalized spacial score (nSPS) is 10.7. The first-order valence-electron chi connectivity index (χ1n) is 7.20. The predicted molar refractivity (Wildman–Crippen MR) is 88.3 cm³/mol. The van der Waals surface area contributed by atoms with Crippen molar-refractivity contribution >= 4 is 16.7 Å². The number of hydrogen-bond acceptors (Lipinski definition) is 5. The Morgan fingerprint density at radius 1 is 1.14 bits per heavy atom. The molecule has 0 unspecified atom stereocenters. The Labute approximate surface area is 129 Å². The average Bonchev–Trinajstić information content (AvgIpc) is 2.59. The van der Waals surface area contributed by atoms with Gasteiger partial charge < -0.3 is 9.64 Å². The molecule has 0 spiro atoms. The van der Waals surface area contributed by atoms with E-state index in [1.807, 2.05) is 37.4 Å². The second-order valence-corrected chi connectivity index (χ2v) is 5.01. The van der Waals surface area contributed by atoms with E-state index < -0.39 is 0 Å². The third kappa shape index (κ3) is 2.57. The molecule has 0 aliphatic carbocycles. The molecule has 0 radical (unpaired) electrons. The maximum atomic E-state index is 5.45. The molecule has 0 saturated heterocycles. The summed E-state index contributed by atoms with van der Waals surface area (Å²) in [4.78, 5) is 15.3. The first-order chi connectivity index (χ1) is 10.7. The van der Waals surface area contributed by atoms with Crippen LogP contribution in [0.1, 0.15) is 6.92 Å². The van der Waals surface area contributed by atoms with Gasteiger partial charge in [0.15, 0.2) is 0 Å². The molecule has 0 aliphatic heterocycles. The van der Waals surface area contributed by atoms with Crippen molar-refractivity contribution < 1.29 is 4.74 Å². The molecule has 3 rings (SSSR count).